The van der Waals surface area contributed by atoms with Gasteiger partial charge in [0, 0.05) is 6.42 Å². The van der Waals surface area contributed by atoms with Crippen molar-refractivity contribution in [2.75, 3.05) is 6.61 Å². The van der Waals surface area contributed by atoms with E-state index < -0.39 is 17.8 Å². The molecule has 1 aromatic rings. The van der Waals surface area contributed by atoms with Crippen LogP contribution >= 0.6 is 0 Å². The van der Waals surface area contributed by atoms with Crippen molar-refractivity contribution in [3.63, 3.8) is 0 Å². The van der Waals surface area contributed by atoms with E-state index in [1.807, 2.05) is 26.8 Å². The van der Waals surface area contributed by atoms with Gasteiger partial charge in [-0.05, 0) is 70.9 Å². The summed E-state index contributed by atoms with van der Waals surface area (Å²) in [5.74, 6) is -0.0884. The van der Waals surface area contributed by atoms with Crippen LogP contribution in [0.5, 0.6) is 0 Å². The van der Waals surface area contributed by atoms with Crippen LogP contribution in [0.25, 0.3) is 0 Å². The standard InChI is InChI=1S/C16H21F3O2.C10H18O2/c17-16(18,19)13-5-3-4-12(10-13)8-9-14(20)11-21-15-6-1-2-7-15;1-4-5-6-7-8-10(11)12-9(2)3/h3-5,10,14-15,20H,1-2,6-9,11H2;4-5,9H,6-8H2,1-3H3/b;5-4-/t14-;/m1./s1. The fourth-order valence-corrected chi connectivity index (χ4v) is 3.47. The molecule has 1 atom stereocenters. The van der Waals surface area contributed by atoms with Crippen LogP contribution in [0.3, 0.4) is 0 Å². The topological polar surface area (TPSA) is 55.8 Å². The van der Waals surface area contributed by atoms with E-state index in [1.54, 1.807) is 6.07 Å². The van der Waals surface area contributed by atoms with Crippen molar-refractivity contribution in [1.29, 1.82) is 0 Å². The highest BCUT2D eigenvalue weighted by molar-refractivity contribution is 5.69. The number of ether oxygens (including phenoxy) is 2. The quantitative estimate of drug-likeness (QED) is 0.223. The number of benzene rings is 1. The number of hydrogen-bond acceptors (Lipinski definition) is 4. The Morgan fingerprint density at radius 2 is 1.94 bits per heavy atom. The maximum Gasteiger partial charge on any atom is 0.416 e. The Morgan fingerprint density at radius 3 is 2.55 bits per heavy atom. The van der Waals surface area contributed by atoms with Crippen molar-refractivity contribution >= 4 is 5.97 Å². The predicted molar refractivity (Wildman–Crippen MR) is 124 cm³/mol. The zero-order valence-corrected chi connectivity index (χ0v) is 20.1. The monoisotopic (exact) mass is 472 g/mol. The molecule has 0 aliphatic heterocycles. The molecule has 1 aromatic carbocycles. The van der Waals surface area contributed by atoms with Crippen LogP contribution in [-0.2, 0) is 26.9 Å². The van der Waals surface area contributed by atoms with E-state index in [4.69, 9.17) is 9.47 Å². The third-order valence-corrected chi connectivity index (χ3v) is 5.20. The van der Waals surface area contributed by atoms with Crippen LogP contribution < -0.4 is 0 Å². The van der Waals surface area contributed by atoms with Crippen molar-refractivity contribution in [2.24, 2.45) is 0 Å². The Kier molecular flexibility index (Phi) is 14.0. The number of esters is 1. The number of halogens is 3. The molecule has 0 amide bonds. The van der Waals surface area contributed by atoms with Gasteiger partial charge in [0.1, 0.15) is 0 Å². The summed E-state index contributed by atoms with van der Waals surface area (Å²) < 4.78 is 48.3. The number of alkyl halides is 3. The van der Waals surface area contributed by atoms with E-state index in [2.05, 4.69) is 6.08 Å². The number of allylic oxidation sites excluding steroid dienone is 2. The second-order valence-electron chi connectivity index (χ2n) is 8.63. The first-order chi connectivity index (χ1) is 15.6. The highest BCUT2D eigenvalue weighted by Gasteiger charge is 2.30. The molecule has 1 aliphatic carbocycles. The molecule has 188 valence electrons. The molecule has 1 saturated carbocycles. The first-order valence-corrected chi connectivity index (χ1v) is 11.9. The molecule has 1 fully saturated rings. The molecule has 1 N–H and O–H groups in total. The van der Waals surface area contributed by atoms with Crippen molar-refractivity contribution in [1.82, 2.24) is 0 Å². The van der Waals surface area contributed by atoms with Gasteiger partial charge in [0.25, 0.3) is 0 Å². The minimum absolute atomic E-state index is 0.0132. The van der Waals surface area contributed by atoms with Crippen LogP contribution in [0.15, 0.2) is 36.4 Å². The summed E-state index contributed by atoms with van der Waals surface area (Å²) in [5.41, 5.74) is -0.0542. The molecule has 0 aromatic heterocycles. The van der Waals surface area contributed by atoms with Gasteiger partial charge >= 0.3 is 12.1 Å². The molecule has 4 nitrogen and oxygen atoms in total. The van der Waals surface area contributed by atoms with Gasteiger partial charge in [0.2, 0.25) is 0 Å². The SMILES string of the molecule is C/C=C\CCCC(=O)OC(C)C.O[C@H](CCc1cccc(C(F)(F)F)c1)COC1CCCC1. The van der Waals surface area contributed by atoms with Crippen LogP contribution in [-0.4, -0.2) is 36.0 Å². The third kappa shape index (κ3) is 14.1. The zero-order chi connectivity index (χ0) is 24.7. The molecule has 0 bridgehead atoms. The summed E-state index contributed by atoms with van der Waals surface area (Å²) in [7, 11) is 0. The van der Waals surface area contributed by atoms with Gasteiger partial charge in [-0.25, -0.2) is 0 Å². The van der Waals surface area contributed by atoms with E-state index in [1.165, 1.54) is 18.9 Å². The Morgan fingerprint density at radius 1 is 1.24 bits per heavy atom. The number of carbonyl (C=O) groups is 1. The number of aryl methyl sites for hydroxylation is 1. The third-order valence-electron chi connectivity index (χ3n) is 5.20. The molecule has 2 rings (SSSR count). The van der Waals surface area contributed by atoms with Gasteiger partial charge in [0.15, 0.2) is 0 Å². The zero-order valence-electron chi connectivity index (χ0n) is 20.1. The van der Waals surface area contributed by atoms with Gasteiger partial charge in [-0.1, -0.05) is 43.2 Å². The predicted octanol–water partition coefficient (Wildman–Crippen LogP) is 6.64. The smallest absolute Gasteiger partial charge is 0.416 e. The summed E-state index contributed by atoms with van der Waals surface area (Å²) in [6, 6.07) is 5.26. The molecular formula is C26H39F3O4. The van der Waals surface area contributed by atoms with Crippen LogP contribution in [0, 0.1) is 0 Å². The second-order valence-corrected chi connectivity index (χ2v) is 8.63. The fourth-order valence-electron chi connectivity index (χ4n) is 3.47. The van der Waals surface area contributed by atoms with Gasteiger partial charge in [0.05, 0.1) is 30.5 Å². The minimum atomic E-state index is -4.32. The lowest BCUT2D eigenvalue weighted by atomic mass is 10.0. The maximum atomic E-state index is 12.6. The van der Waals surface area contributed by atoms with Crippen molar-refractivity contribution < 1.29 is 32.5 Å². The average Bonchev–Trinajstić information content (AvgIpc) is 3.27. The number of rotatable bonds is 11. The number of aliphatic hydroxyl groups excluding tert-OH is 1. The van der Waals surface area contributed by atoms with Crippen molar-refractivity contribution in [2.45, 2.75) is 103 Å². The molecule has 0 saturated heterocycles. The Balaban J connectivity index is 0.000000389. The highest BCUT2D eigenvalue weighted by Crippen LogP contribution is 2.29. The van der Waals surface area contributed by atoms with Gasteiger partial charge < -0.3 is 14.6 Å². The van der Waals surface area contributed by atoms with Gasteiger partial charge in [-0.3, -0.25) is 4.79 Å². The van der Waals surface area contributed by atoms with Gasteiger partial charge in [-0.2, -0.15) is 13.2 Å². The lowest BCUT2D eigenvalue weighted by molar-refractivity contribution is -0.147. The first kappa shape index (κ1) is 29.2. The number of carbonyl (C=O) groups excluding carboxylic acids is 1. The lowest BCUT2D eigenvalue weighted by Gasteiger charge is -2.15. The van der Waals surface area contributed by atoms with Crippen molar-refractivity contribution in [3.8, 4) is 0 Å². The number of unbranched alkanes of at least 4 members (excludes halogenated alkanes) is 1. The highest BCUT2D eigenvalue weighted by atomic mass is 19.4. The Hall–Kier alpha value is -1.86. The molecular weight excluding hydrogens is 433 g/mol. The average molecular weight is 473 g/mol. The van der Waals surface area contributed by atoms with Crippen LogP contribution in [0.4, 0.5) is 13.2 Å². The van der Waals surface area contributed by atoms with Crippen molar-refractivity contribution in [3.05, 3.63) is 47.5 Å². The van der Waals surface area contributed by atoms with Crippen LogP contribution in [0.1, 0.15) is 83.3 Å². The fraction of sp³-hybridized carbons (Fsp3) is 0.654. The van der Waals surface area contributed by atoms with E-state index in [9.17, 15) is 23.1 Å². The minimum Gasteiger partial charge on any atom is -0.463 e. The summed E-state index contributed by atoms with van der Waals surface area (Å²) >= 11 is 0. The second kappa shape index (κ2) is 15.9. The summed E-state index contributed by atoms with van der Waals surface area (Å²) in [6.45, 7) is 5.98. The van der Waals surface area contributed by atoms with Gasteiger partial charge in [-0.15, -0.1) is 0 Å². The molecule has 0 radical (unpaired) electrons. The lowest BCUT2D eigenvalue weighted by Crippen LogP contribution is -2.20. The summed E-state index contributed by atoms with van der Waals surface area (Å²) in [5, 5.41) is 9.85. The number of hydrogen-bond donors (Lipinski definition) is 1. The Bertz CT molecular complexity index is 695. The van der Waals surface area contributed by atoms with E-state index in [-0.39, 0.29) is 24.8 Å². The van der Waals surface area contributed by atoms with Crippen LogP contribution in [0.2, 0.25) is 0 Å². The van der Waals surface area contributed by atoms with E-state index >= 15 is 0 Å². The van der Waals surface area contributed by atoms with E-state index in [0.717, 1.165) is 37.8 Å². The molecule has 1 aliphatic rings. The summed E-state index contributed by atoms with van der Waals surface area (Å²) in [4.78, 5) is 11.0. The molecule has 0 heterocycles. The number of aliphatic hydroxyl groups is 1. The van der Waals surface area contributed by atoms with E-state index in [0.29, 0.717) is 24.8 Å². The first-order valence-electron chi connectivity index (χ1n) is 11.9. The molecule has 0 unspecified atom stereocenters. The normalized spacial score (nSPS) is 15.5. The molecule has 0 spiro atoms. The maximum absolute atomic E-state index is 12.6. The summed E-state index contributed by atoms with van der Waals surface area (Å²) in [6.07, 6.45) is 7.00. The molecule has 7 heteroatoms. The largest absolute Gasteiger partial charge is 0.463 e. The Labute approximate surface area is 196 Å². The molecule has 33 heavy (non-hydrogen) atoms.